The van der Waals surface area contributed by atoms with Crippen molar-refractivity contribution in [3.63, 3.8) is 0 Å². The number of hydrogen-bond donors (Lipinski definition) is 0. The van der Waals surface area contributed by atoms with Gasteiger partial charge < -0.3 is 22.8 Å². The summed E-state index contributed by atoms with van der Waals surface area (Å²) >= 11 is 0. The highest BCUT2D eigenvalue weighted by Gasteiger charge is 2.42. The summed E-state index contributed by atoms with van der Waals surface area (Å²) in [6, 6.07) is 38.1. The lowest BCUT2D eigenvalue weighted by Crippen LogP contribution is -2.31. The van der Waals surface area contributed by atoms with Crippen LogP contribution in [0.5, 0.6) is 34.5 Å². The zero-order chi connectivity index (χ0) is 61.5. The molecule has 7 rings (SSSR count). The van der Waals surface area contributed by atoms with Crippen molar-refractivity contribution in [3.05, 3.63) is 164 Å². The smallest absolute Gasteiger partial charge is 0.330 e. The van der Waals surface area contributed by atoms with E-state index in [1.54, 1.807) is 0 Å². The Morgan fingerprint density at radius 2 is 0.732 bits per heavy atom. The van der Waals surface area contributed by atoms with E-state index in [2.05, 4.69) is 297 Å². The Morgan fingerprint density at radius 1 is 0.390 bits per heavy atom. The van der Waals surface area contributed by atoms with Gasteiger partial charge in [0.2, 0.25) is 0 Å². The molecule has 0 fully saturated rings. The van der Waals surface area contributed by atoms with E-state index >= 15 is 0 Å². The Labute approximate surface area is 501 Å². The molecular formula is C75H104O5P2. The molecule has 6 aromatic carbocycles. The predicted molar refractivity (Wildman–Crippen MR) is 355 cm³/mol. The van der Waals surface area contributed by atoms with E-state index in [0.29, 0.717) is 5.92 Å². The van der Waals surface area contributed by atoms with Crippen LogP contribution in [0.25, 0.3) is 0 Å². The first-order chi connectivity index (χ1) is 37.2. The monoisotopic (exact) mass is 1150 g/mol. The molecule has 0 radical (unpaired) electrons. The second kappa shape index (κ2) is 22.6. The summed E-state index contributed by atoms with van der Waals surface area (Å²) in [5, 5.41) is 1.71. The van der Waals surface area contributed by atoms with E-state index < -0.39 is 22.2 Å². The number of benzene rings is 6. The van der Waals surface area contributed by atoms with Gasteiger partial charge in [-0.25, -0.2) is 0 Å². The van der Waals surface area contributed by atoms with Gasteiger partial charge in [-0.15, -0.1) is 0 Å². The largest absolute Gasteiger partial charge is 0.455 e. The molecule has 1 aliphatic rings. The molecule has 82 heavy (non-hydrogen) atoms. The molecule has 0 aromatic heterocycles. The quantitative estimate of drug-likeness (QED) is 0.114. The van der Waals surface area contributed by atoms with Gasteiger partial charge in [0.25, 0.3) is 0 Å². The molecule has 2 atom stereocenters. The highest BCUT2D eigenvalue weighted by molar-refractivity contribution is 7.57. The van der Waals surface area contributed by atoms with E-state index in [-0.39, 0.29) is 43.3 Å². The third kappa shape index (κ3) is 14.8. The average Bonchev–Trinajstić information content (AvgIpc) is 2.70. The average molecular weight is 1150 g/mol. The molecule has 2 unspecified atom stereocenters. The van der Waals surface area contributed by atoms with Crippen molar-refractivity contribution in [2.75, 3.05) is 0 Å². The number of fused-ring (bicyclic) bond motifs is 2. The molecule has 444 valence electrons. The molecule has 1 heterocycles. The van der Waals surface area contributed by atoms with Gasteiger partial charge in [0.05, 0.1) is 10.6 Å². The zero-order valence-electron chi connectivity index (χ0n) is 56.0. The first kappa shape index (κ1) is 64.7. The van der Waals surface area contributed by atoms with Crippen LogP contribution in [0.15, 0.2) is 103 Å². The van der Waals surface area contributed by atoms with Crippen LogP contribution < -0.4 is 33.4 Å². The fraction of sp³-hybridized carbons (Fsp3) is 0.520. The van der Waals surface area contributed by atoms with Gasteiger partial charge in [0.15, 0.2) is 0 Å². The lowest BCUT2D eigenvalue weighted by Gasteiger charge is -2.38. The molecule has 1 aliphatic heterocycles. The van der Waals surface area contributed by atoms with Gasteiger partial charge in [-0.2, -0.15) is 0 Å². The van der Waals surface area contributed by atoms with Crippen molar-refractivity contribution in [1.82, 2.24) is 0 Å². The molecule has 0 bridgehead atoms. The minimum atomic E-state index is -1.95. The Hall–Kier alpha value is -4.82. The van der Waals surface area contributed by atoms with Crippen LogP contribution in [-0.4, -0.2) is 0 Å². The minimum absolute atomic E-state index is 0.114. The van der Waals surface area contributed by atoms with Crippen molar-refractivity contribution in [3.8, 4) is 34.5 Å². The van der Waals surface area contributed by atoms with Crippen LogP contribution >= 0.6 is 16.8 Å². The maximum atomic E-state index is 7.81. The molecule has 0 N–H and O–H groups in total. The van der Waals surface area contributed by atoms with E-state index in [1.165, 1.54) is 50.1 Å². The molecule has 6 aromatic rings. The molecule has 0 amide bonds. The molecule has 0 saturated heterocycles. The Morgan fingerprint density at radius 3 is 1.07 bits per heavy atom. The third-order valence-corrected chi connectivity index (χ3v) is 18.9. The van der Waals surface area contributed by atoms with Gasteiger partial charge in [0.1, 0.15) is 34.5 Å². The number of para-hydroxylation sites is 2. The summed E-state index contributed by atoms with van der Waals surface area (Å²) in [5.74, 6) is 5.08. The third-order valence-electron chi connectivity index (χ3n) is 16.0. The summed E-state index contributed by atoms with van der Waals surface area (Å²) in [7, 11) is -3.85. The van der Waals surface area contributed by atoms with Crippen LogP contribution in [0.1, 0.15) is 255 Å². The van der Waals surface area contributed by atoms with E-state index in [9.17, 15) is 0 Å². The summed E-state index contributed by atoms with van der Waals surface area (Å²) in [6.07, 6.45) is 0.930. The van der Waals surface area contributed by atoms with Gasteiger partial charge in [-0.1, -0.05) is 242 Å². The highest BCUT2D eigenvalue weighted by Crippen LogP contribution is 2.56. The highest BCUT2D eigenvalue weighted by atomic mass is 31.2. The molecule has 0 spiro atoms. The Kier molecular flexibility index (Phi) is 17.8. The fourth-order valence-electron chi connectivity index (χ4n) is 10.7. The van der Waals surface area contributed by atoms with Gasteiger partial charge >= 0.3 is 16.8 Å². The van der Waals surface area contributed by atoms with E-state index in [0.717, 1.165) is 62.7 Å². The normalized spacial score (nSPS) is 15.1. The first-order valence-electron chi connectivity index (χ1n) is 30.2. The second-order valence-electron chi connectivity index (χ2n) is 32.8. The van der Waals surface area contributed by atoms with Gasteiger partial charge in [-0.3, -0.25) is 0 Å². The zero-order valence-corrected chi connectivity index (χ0v) is 57.8. The summed E-state index contributed by atoms with van der Waals surface area (Å²) < 4.78 is 38.1. The lowest BCUT2D eigenvalue weighted by molar-refractivity contribution is 0.419. The topological polar surface area (TPSA) is 46.2 Å². The maximum absolute atomic E-state index is 7.81. The molecule has 5 nitrogen and oxygen atoms in total. The fourth-order valence-corrected chi connectivity index (χ4v) is 13.4. The molecule has 7 heteroatoms. The standard InChI is InChI=1S/C75H104O5P2/c1-47(2)35-48-36-49(67(3,4)5)40-55(37-48)77-81(78-56-41-50(68(6,7)8)38-51(42-56)69(9,10)11)62-33-29-31-58-65(62)76-66-59(75(58,27)28)32-30-34-63(66)82(79-57-43-52(70(12,13)14)39-53(44-57)71(15,16)17)80-61-46-54(72(18,19)20)45-60(73(21,22)23)64(61)74(24,25)26/h29-34,36-47H,35H2,1-28H3. The second-order valence-corrected chi connectivity index (χ2v) is 35.5. The first-order valence-corrected chi connectivity index (χ1v) is 32.5. The van der Waals surface area contributed by atoms with Crippen LogP contribution in [0.3, 0.4) is 0 Å². The van der Waals surface area contributed by atoms with Crippen LogP contribution in [0, 0.1) is 5.92 Å². The number of rotatable bonds is 12. The van der Waals surface area contributed by atoms with Crippen molar-refractivity contribution in [2.24, 2.45) is 5.92 Å². The minimum Gasteiger partial charge on any atom is -0.455 e. The Balaban J connectivity index is 1.52. The lowest BCUT2D eigenvalue weighted by atomic mass is 9.72. The summed E-state index contributed by atoms with van der Waals surface area (Å²) in [4.78, 5) is 0. The van der Waals surface area contributed by atoms with Crippen LogP contribution in [-0.2, 0) is 55.2 Å². The van der Waals surface area contributed by atoms with Crippen molar-refractivity contribution in [2.45, 2.75) is 249 Å². The summed E-state index contributed by atoms with van der Waals surface area (Å²) in [5.41, 5.74) is 11.3. The van der Waals surface area contributed by atoms with E-state index in [4.69, 9.17) is 22.8 Å². The van der Waals surface area contributed by atoms with E-state index in [1.807, 2.05) is 0 Å². The van der Waals surface area contributed by atoms with Crippen molar-refractivity contribution in [1.29, 1.82) is 0 Å². The van der Waals surface area contributed by atoms with Gasteiger partial charge in [-0.05, 0) is 155 Å². The number of ether oxygens (including phenoxy) is 1. The van der Waals surface area contributed by atoms with Crippen LogP contribution in [0.2, 0.25) is 0 Å². The summed E-state index contributed by atoms with van der Waals surface area (Å²) in [6.45, 7) is 64.0. The SMILES string of the molecule is CC(C)Cc1cc(OP(Oc2cc(C(C)(C)C)cc(C(C)(C)C)c2)c2cccc3c2Oc2c(P(Oc4cc(C(C)(C)C)cc(C(C)(C)C)c4)Oc4cc(C(C)(C)C)cc(C(C)(C)C)c4C(C)(C)C)cccc2C3(C)C)cc(C(C)(C)C)c1. The van der Waals surface area contributed by atoms with Crippen molar-refractivity contribution >= 4 is 27.4 Å². The Bertz CT molecular complexity index is 3220. The molecule has 0 saturated carbocycles. The number of hydrogen-bond acceptors (Lipinski definition) is 5. The van der Waals surface area contributed by atoms with Gasteiger partial charge in [0, 0.05) is 22.1 Å². The molecular weight excluding hydrogens is 1040 g/mol. The van der Waals surface area contributed by atoms with Crippen molar-refractivity contribution < 1.29 is 22.8 Å². The maximum Gasteiger partial charge on any atom is 0.330 e. The predicted octanol–water partition coefficient (Wildman–Crippen LogP) is 21.9. The molecule has 0 aliphatic carbocycles. The van der Waals surface area contributed by atoms with Crippen LogP contribution in [0.4, 0.5) is 0 Å².